The van der Waals surface area contributed by atoms with Gasteiger partial charge in [0.15, 0.2) is 5.78 Å². The molecule has 0 aliphatic carbocycles. The summed E-state index contributed by atoms with van der Waals surface area (Å²) in [5.74, 6) is -0.125. The number of carbonyl (C=O) groups is 1. The molecule has 1 aliphatic rings. The van der Waals surface area contributed by atoms with Gasteiger partial charge in [0.05, 0.1) is 34.9 Å². The first-order valence-electron chi connectivity index (χ1n) is 7.73. The summed E-state index contributed by atoms with van der Waals surface area (Å²) in [7, 11) is 0. The lowest BCUT2D eigenvalue weighted by atomic mass is 9.97. The number of aromatic nitrogens is 2. The number of piperidine rings is 1. The van der Waals surface area contributed by atoms with Crippen molar-refractivity contribution >= 4 is 56.6 Å². The Morgan fingerprint density at radius 2 is 2.24 bits per heavy atom. The highest BCUT2D eigenvalue weighted by molar-refractivity contribution is 9.10. The largest absolute Gasteiger partial charge is 0.391 e. The number of halogens is 3. The first-order valence-corrected chi connectivity index (χ1v) is 8.90. The fourth-order valence-electron chi connectivity index (χ4n) is 2.91. The van der Waals surface area contributed by atoms with Crippen LogP contribution in [-0.2, 0) is 11.3 Å². The molecule has 1 aromatic carbocycles. The molecular formula is C16H18BrCl2N3O3. The van der Waals surface area contributed by atoms with Crippen molar-refractivity contribution in [2.45, 2.75) is 38.0 Å². The Morgan fingerprint density at radius 1 is 1.48 bits per heavy atom. The zero-order chi connectivity index (χ0) is 17.3. The van der Waals surface area contributed by atoms with Crippen molar-refractivity contribution in [2.75, 3.05) is 6.54 Å². The Kier molecular flexibility index (Phi) is 6.99. The van der Waals surface area contributed by atoms with Gasteiger partial charge in [0.1, 0.15) is 0 Å². The molecule has 6 nitrogen and oxygen atoms in total. The molecule has 0 saturated carbocycles. The number of hydrogen-bond donors (Lipinski definition) is 2. The number of aliphatic hydroxyl groups is 1. The molecule has 2 aromatic rings. The molecule has 0 bridgehead atoms. The van der Waals surface area contributed by atoms with E-state index in [0.717, 1.165) is 13.0 Å². The molecule has 0 amide bonds. The molecule has 2 N–H and O–H groups in total. The number of nitrogens with zero attached hydrogens (tertiary/aromatic N) is 2. The minimum atomic E-state index is -0.523. The summed E-state index contributed by atoms with van der Waals surface area (Å²) >= 11 is 9.33. The van der Waals surface area contributed by atoms with E-state index in [1.165, 1.54) is 10.9 Å². The third-order valence-electron chi connectivity index (χ3n) is 4.21. The van der Waals surface area contributed by atoms with Gasteiger partial charge < -0.3 is 10.4 Å². The number of nitrogens with one attached hydrogen (secondary N) is 1. The summed E-state index contributed by atoms with van der Waals surface area (Å²) < 4.78 is 1.94. The maximum absolute atomic E-state index is 12.5. The Labute approximate surface area is 164 Å². The van der Waals surface area contributed by atoms with Crippen LogP contribution in [0.25, 0.3) is 10.9 Å². The normalized spacial score (nSPS) is 20.3. The molecular weight excluding hydrogens is 433 g/mol. The average Bonchev–Trinajstić information content (AvgIpc) is 2.54. The minimum absolute atomic E-state index is 0. The van der Waals surface area contributed by atoms with Crippen LogP contribution in [0.5, 0.6) is 0 Å². The third-order valence-corrected chi connectivity index (χ3v) is 5.41. The van der Waals surface area contributed by atoms with Gasteiger partial charge in [-0.2, -0.15) is 0 Å². The summed E-state index contributed by atoms with van der Waals surface area (Å²) in [6.07, 6.45) is 2.62. The van der Waals surface area contributed by atoms with Gasteiger partial charge in [-0.1, -0.05) is 11.6 Å². The lowest BCUT2D eigenvalue weighted by molar-refractivity contribution is -0.121. The molecule has 2 atom stereocenters. The number of Topliss-reactive ketones (excluding diaryl/α,β-unsaturated/α-hetero) is 1. The van der Waals surface area contributed by atoms with Gasteiger partial charge in [-0.3, -0.25) is 14.2 Å². The molecule has 3 rings (SSSR count). The molecule has 0 radical (unpaired) electrons. The van der Waals surface area contributed by atoms with Crippen LogP contribution in [-0.4, -0.2) is 39.1 Å². The van der Waals surface area contributed by atoms with Gasteiger partial charge >= 0.3 is 0 Å². The number of ketones is 1. The smallest absolute Gasteiger partial charge is 0.261 e. The molecule has 1 aliphatic heterocycles. The van der Waals surface area contributed by atoms with Crippen molar-refractivity contribution in [3.05, 3.63) is 38.3 Å². The van der Waals surface area contributed by atoms with Gasteiger partial charge in [0, 0.05) is 16.9 Å². The summed E-state index contributed by atoms with van der Waals surface area (Å²) in [4.78, 5) is 29.0. The zero-order valence-corrected chi connectivity index (χ0v) is 16.4. The molecule has 2 heterocycles. The van der Waals surface area contributed by atoms with Crippen molar-refractivity contribution < 1.29 is 9.90 Å². The Bertz CT molecular complexity index is 843. The number of hydrogen-bond acceptors (Lipinski definition) is 5. The van der Waals surface area contributed by atoms with Crippen molar-refractivity contribution in [1.82, 2.24) is 14.9 Å². The van der Waals surface area contributed by atoms with E-state index in [-0.39, 0.29) is 42.8 Å². The number of carbonyl (C=O) groups excluding carboxylic acids is 1. The fraction of sp³-hybridized carbons (Fsp3) is 0.438. The Morgan fingerprint density at radius 3 is 2.96 bits per heavy atom. The second-order valence-electron chi connectivity index (χ2n) is 5.97. The van der Waals surface area contributed by atoms with Crippen molar-refractivity contribution in [3.8, 4) is 0 Å². The molecule has 1 aromatic heterocycles. The van der Waals surface area contributed by atoms with Gasteiger partial charge in [-0.25, -0.2) is 4.98 Å². The number of benzene rings is 1. The van der Waals surface area contributed by atoms with Crippen molar-refractivity contribution in [1.29, 1.82) is 0 Å². The monoisotopic (exact) mass is 449 g/mol. The first-order chi connectivity index (χ1) is 11.5. The van der Waals surface area contributed by atoms with Crippen LogP contribution in [0, 0.1) is 0 Å². The topological polar surface area (TPSA) is 84.2 Å². The van der Waals surface area contributed by atoms with Gasteiger partial charge in [0.25, 0.3) is 5.56 Å². The van der Waals surface area contributed by atoms with Crippen LogP contribution < -0.4 is 10.9 Å². The summed E-state index contributed by atoms with van der Waals surface area (Å²) in [6.45, 7) is 0.722. The van der Waals surface area contributed by atoms with Crippen molar-refractivity contribution in [2.24, 2.45) is 0 Å². The Balaban J connectivity index is 0.00000225. The zero-order valence-electron chi connectivity index (χ0n) is 13.2. The second kappa shape index (κ2) is 8.60. The van der Waals surface area contributed by atoms with E-state index < -0.39 is 6.10 Å². The van der Waals surface area contributed by atoms with E-state index in [4.69, 9.17) is 11.6 Å². The molecule has 1 unspecified atom stereocenters. The summed E-state index contributed by atoms with van der Waals surface area (Å²) in [5.41, 5.74) is 0.212. The van der Waals surface area contributed by atoms with E-state index in [1.54, 1.807) is 12.1 Å². The number of rotatable bonds is 4. The quantitative estimate of drug-likeness (QED) is 0.746. The van der Waals surface area contributed by atoms with Gasteiger partial charge in [0.2, 0.25) is 0 Å². The molecule has 1 fully saturated rings. The second-order valence-corrected chi connectivity index (χ2v) is 7.24. The summed E-state index contributed by atoms with van der Waals surface area (Å²) in [5, 5.41) is 13.9. The predicted octanol–water partition coefficient (Wildman–Crippen LogP) is 2.31. The van der Waals surface area contributed by atoms with Crippen LogP contribution in [0.2, 0.25) is 5.02 Å². The molecule has 0 spiro atoms. The van der Waals surface area contributed by atoms with Gasteiger partial charge in [-0.05, 0) is 47.4 Å². The molecule has 1 saturated heterocycles. The average molecular weight is 451 g/mol. The van der Waals surface area contributed by atoms with Crippen LogP contribution in [0.4, 0.5) is 0 Å². The van der Waals surface area contributed by atoms with E-state index in [0.29, 0.717) is 26.8 Å². The van der Waals surface area contributed by atoms with Crippen LogP contribution in [0.3, 0.4) is 0 Å². The highest BCUT2D eigenvalue weighted by Gasteiger charge is 2.25. The lowest BCUT2D eigenvalue weighted by Crippen LogP contribution is -2.46. The highest BCUT2D eigenvalue weighted by atomic mass is 79.9. The predicted molar refractivity (Wildman–Crippen MR) is 103 cm³/mol. The Hall–Kier alpha value is -0.990. The van der Waals surface area contributed by atoms with Crippen LogP contribution >= 0.6 is 39.9 Å². The number of aliphatic hydroxyl groups excluding tert-OH is 1. The SMILES string of the molecule is Cl.O=C(C[C@H]1NCCCC1O)Cn1cnc2cc(Br)c(Cl)cc2c1=O. The van der Waals surface area contributed by atoms with Crippen LogP contribution in [0.1, 0.15) is 19.3 Å². The first kappa shape index (κ1) is 20.3. The maximum Gasteiger partial charge on any atom is 0.261 e. The molecule has 136 valence electrons. The summed E-state index contributed by atoms with van der Waals surface area (Å²) in [6, 6.07) is 2.97. The molecule has 9 heteroatoms. The fourth-order valence-corrected chi connectivity index (χ4v) is 3.40. The van der Waals surface area contributed by atoms with Crippen LogP contribution in [0.15, 0.2) is 27.7 Å². The molecule has 25 heavy (non-hydrogen) atoms. The van der Waals surface area contributed by atoms with E-state index in [1.807, 2.05) is 0 Å². The van der Waals surface area contributed by atoms with E-state index >= 15 is 0 Å². The third kappa shape index (κ3) is 4.60. The van der Waals surface area contributed by atoms with Gasteiger partial charge in [-0.15, -0.1) is 12.4 Å². The van der Waals surface area contributed by atoms with E-state index in [2.05, 4.69) is 26.2 Å². The number of fused-ring (bicyclic) bond motifs is 1. The van der Waals surface area contributed by atoms with E-state index in [9.17, 15) is 14.7 Å². The minimum Gasteiger partial charge on any atom is -0.391 e. The lowest BCUT2D eigenvalue weighted by Gasteiger charge is -2.28. The highest BCUT2D eigenvalue weighted by Crippen LogP contribution is 2.25. The van der Waals surface area contributed by atoms with Crippen molar-refractivity contribution in [3.63, 3.8) is 0 Å². The standard InChI is InChI=1S/C16H17BrClN3O3.ClH/c17-11-6-13-10(5-12(11)18)16(24)21(8-20-13)7-9(22)4-14-15(23)2-1-3-19-14;/h5-6,8,14-15,19,23H,1-4,7H2;1H/t14-,15?;/m1./s1. The maximum atomic E-state index is 12.5.